The average molecular weight is 187 g/mol. The van der Waals surface area contributed by atoms with Crippen LogP contribution in [0.2, 0.25) is 0 Å². The highest BCUT2D eigenvalue weighted by atomic mass is 16.1. The fraction of sp³-hybridized carbons (Fsp3) is 0.333. The summed E-state index contributed by atoms with van der Waals surface area (Å²) >= 11 is 0. The first-order valence-corrected chi connectivity index (χ1v) is 4.64. The molecule has 2 heteroatoms. The lowest BCUT2D eigenvalue weighted by molar-refractivity contribution is 0.101. The van der Waals surface area contributed by atoms with Gasteiger partial charge in [0.2, 0.25) is 0 Å². The van der Waals surface area contributed by atoms with E-state index in [2.05, 4.69) is 6.07 Å². The Morgan fingerprint density at radius 2 is 2.14 bits per heavy atom. The largest absolute Gasteiger partial charge is 0.294 e. The van der Waals surface area contributed by atoms with Crippen molar-refractivity contribution in [3.63, 3.8) is 0 Å². The van der Waals surface area contributed by atoms with Crippen LogP contribution < -0.4 is 0 Å². The molecule has 0 aliphatic heterocycles. The maximum atomic E-state index is 11.3. The molecule has 0 heterocycles. The number of ketones is 1. The molecule has 0 amide bonds. The number of hydrogen-bond donors (Lipinski definition) is 0. The summed E-state index contributed by atoms with van der Waals surface area (Å²) in [6.45, 7) is 5.40. The highest BCUT2D eigenvalue weighted by Crippen LogP contribution is 2.17. The maximum Gasteiger partial charge on any atom is 0.161 e. The van der Waals surface area contributed by atoms with Gasteiger partial charge in [-0.1, -0.05) is 13.0 Å². The summed E-state index contributed by atoms with van der Waals surface area (Å²) in [6, 6.07) is 5.84. The van der Waals surface area contributed by atoms with Crippen LogP contribution in [0.25, 0.3) is 0 Å². The second-order valence-electron chi connectivity index (χ2n) is 3.36. The van der Waals surface area contributed by atoms with E-state index in [1.54, 1.807) is 6.07 Å². The number of aryl methyl sites for hydroxylation is 2. The van der Waals surface area contributed by atoms with Gasteiger partial charge in [-0.25, -0.2) is 0 Å². The predicted molar refractivity (Wildman–Crippen MR) is 55.3 cm³/mol. The van der Waals surface area contributed by atoms with Crippen LogP contribution in [-0.2, 0) is 6.42 Å². The van der Waals surface area contributed by atoms with Gasteiger partial charge in [0, 0.05) is 5.56 Å². The Morgan fingerprint density at radius 1 is 1.50 bits per heavy atom. The van der Waals surface area contributed by atoms with Gasteiger partial charge in [0.25, 0.3) is 0 Å². The first-order valence-electron chi connectivity index (χ1n) is 4.64. The van der Waals surface area contributed by atoms with E-state index in [1.807, 2.05) is 19.9 Å². The molecule has 1 aromatic rings. The van der Waals surface area contributed by atoms with E-state index >= 15 is 0 Å². The molecule has 0 aliphatic carbocycles. The summed E-state index contributed by atoms with van der Waals surface area (Å²) in [6.07, 6.45) is 0.883. The van der Waals surface area contributed by atoms with Crippen molar-refractivity contribution in [1.82, 2.24) is 0 Å². The highest BCUT2D eigenvalue weighted by molar-refractivity contribution is 5.98. The fourth-order valence-electron chi connectivity index (χ4n) is 1.62. The van der Waals surface area contributed by atoms with Crippen LogP contribution in [0.15, 0.2) is 12.1 Å². The van der Waals surface area contributed by atoms with Crippen LogP contribution in [0.3, 0.4) is 0 Å². The number of nitrogens with zero attached hydrogens (tertiary/aromatic N) is 1. The third kappa shape index (κ3) is 1.82. The molecule has 0 saturated carbocycles. The summed E-state index contributed by atoms with van der Waals surface area (Å²) in [5, 5.41) is 8.91. The van der Waals surface area contributed by atoms with Crippen molar-refractivity contribution in [2.24, 2.45) is 0 Å². The van der Waals surface area contributed by atoms with Crippen LogP contribution in [0, 0.1) is 18.3 Å². The zero-order valence-corrected chi connectivity index (χ0v) is 8.72. The second-order valence-corrected chi connectivity index (χ2v) is 3.36. The van der Waals surface area contributed by atoms with E-state index in [1.165, 1.54) is 6.92 Å². The molecule has 72 valence electrons. The molecule has 1 rings (SSSR count). The van der Waals surface area contributed by atoms with Crippen molar-refractivity contribution >= 4 is 5.78 Å². The standard InChI is InChI=1S/C12H13NO/c1-4-10-5-8(2)12(9(3)14)11(6-10)7-13/h5-6H,4H2,1-3H3. The molecule has 0 bridgehead atoms. The molecule has 0 atom stereocenters. The number of rotatable bonds is 2. The third-order valence-corrected chi connectivity index (χ3v) is 2.28. The Labute approximate surface area is 84.2 Å². The van der Waals surface area contributed by atoms with Crippen LogP contribution >= 0.6 is 0 Å². The van der Waals surface area contributed by atoms with Gasteiger partial charge < -0.3 is 0 Å². The number of carbonyl (C=O) groups is 1. The Kier molecular flexibility index (Phi) is 3.03. The molecule has 0 aliphatic rings. The van der Waals surface area contributed by atoms with E-state index < -0.39 is 0 Å². The minimum Gasteiger partial charge on any atom is -0.294 e. The summed E-state index contributed by atoms with van der Waals surface area (Å²) < 4.78 is 0. The summed E-state index contributed by atoms with van der Waals surface area (Å²) in [5.41, 5.74) is 3.05. The Hall–Kier alpha value is -1.62. The lowest BCUT2D eigenvalue weighted by Crippen LogP contribution is -2.01. The molecule has 0 radical (unpaired) electrons. The van der Waals surface area contributed by atoms with E-state index in [9.17, 15) is 4.79 Å². The molecule has 0 N–H and O–H groups in total. The van der Waals surface area contributed by atoms with Gasteiger partial charge in [0.15, 0.2) is 5.78 Å². The lowest BCUT2D eigenvalue weighted by atomic mass is 9.96. The van der Waals surface area contributed by atoms with Gasteiger partial charge in [-0.05, 0) is 37.5 Å². The molecule has 0 unspecified atom stereocenters. The van der Waals surface area contributed by atoms with E-state index in [-0.39, 0.29) is 5.78 Å². The Bertz CT molecular complexity index is 413. The molecule has 0 fully saturated rings. The lowest BCUT2D eigenvalue weighted by Gasteiger charge is -2.06. The van der Waals surface area contributed by atoms with Gasteiger partial charge in [-0.3, -0.25) is 4.79 Å². The smallest absolute Gasteiger partial charge is 0.161 e. The van der Waals surface area contributed by atoms with Gasteiger partial charge in [0.1, 0.15) is 0 Å². The zero-order valence-electron chi connectivity index (χ0n) is 8.72. The molecule has 0 saturated heterocycles. The van der Waals surface area contributed by atoms with Gasteiger partial charge in [0.05, 0.1) is 11.6 Å². The maximum absolute atomic E-state index is 11.3. The monoisotopic (exact) mass is 187 g/mol. The SMILES string of the molecule is CCc1cc(C)c(C(C)=O)c(C#N)c1. The topological polar surface area (TPSA) is 40.9 Å². The van der Waals surface area contributed by atoms with E-state index in [0.29, 0.717) is 11.1 Å². The van der Waals surface area contributed by atoms with Crippen molar-refractivity contribution in [3.8, 4) is 6.07 Å². The first-order chi connectivity index (χ1) is 6.60. The predicted octanol–water partition coefficient (Wildman–Crippen LogP) is 2.63. The third-order valence-electron chi connectivity index (χ3n) is 2.28. The molecule has 14 heavy (non-hydrogen) atoms. The van der Waals surface area contributed by atoms with Crippen molar-refractivity contribution in [2.75, 3.05) is 0 Å². The average Bonchev–Trinajstić information content (AvgIpc) is 2.15. The quantitative estimate of drug-likeness (QED) is 0.668. The minimum atomic E-state index is -0.0401. The number of Topliss-reactive ketones (excluding diaryl/α,β-unsaturated/α-hetero) is 1. The normalized spacial score (nSPS) is 9.57. The molecule has 1 aromatic carbocycles. The van der Waals surface area contributed by atoms with E-state index in [0.717, 1.165) is 17.5 Å². The van der Waals surface area contributed by atoms with Crippen LogP contribution in [0.5, 0.6) is 0 Å². The molecule has 0 spiro atoms. The highest BCUT2D eigenvalue weighted by Gasteiger charge is 2.11. The Balaban J connectivity index is 3.44. The first kappa shape index (κ1) is 10.5. The van der Waals surface area contributed by atoms with Crippen molar-refractivity contribution in [3.05, 3.63) is 34.4 Å². The van der Waals surface area contributed by atoms with Crippen molar-refractivity contribution < 1.29 is 4.79 Å². The van der Waals surface area contributed by atoms with Crippen LogP contribution in [0.4, 0.5) is 0 Å². The minimum absolute atomic E-state index is 0.0401. The molecule has 0 aromatic heterocycles. The second kappa shape index (κ2) is 4.06. The van der Waals surface area contributed by atoms with Gasteiger partial charge in [-0.15, -0.1) is 0 Å². The summed E-state index contributed by atoms with van der Waals surface area (Å²) in [5.74, 6) is -0.0401. The van der Waals surface area contributed by atoms with Crippen molar-refractivity contribution in [2.45, 2.75) is 27.2 Å². The molecule has 2 nitrogen and oxygen atoms in total. The Morgan fingerprint density at radius 3 is 2.57 bits per heavy atom. The number of carbonyl (C=O) groups excluding carboxylic acids is 1. The van der Waals surface area contributed by atoms with E-state index in [4.69, 9.17) is 5.26 Å². The van der Waals surface area contributed by atoms with Crippen LogP contribution in [-0.4, -0.2) is 5.78 Å². The number of hydrogen-bond acceptors (Lipinski definition) is 2. The zero-order chi connectivity index (χ0) is 10.7. The van der Waals surface area contributed by atoms with Crippen molar-refractivity contribution in [1.29, 1.82) is 5.26 Å². The fourth-order valence-corrected chi connectivity index (χ4v) is 1.62. The van der Waals surface area contributed by atoms with Gasteiger partial charge in [-0.2, -0.15) is 5.26 Å². The van der Waals surface area contributed by atoms with Gasteiger partial charge >= 0.3 is 0 Å². The number of nitriles is 1. The molecular formula is C12H13NO. The van der Waals surface area contributed by atoms with Crippen LogP contribution in [0.1, 0.15) is 40.9 Å². The summed E-state index contributed by atoms with van der Waals surface area (Å²) in [4.78, 5) is 11.3. The molecular weight excluding hydrogens is 174 g/mol. The number of benzene rings is 1. The summed E-state index contributed by atoms with van der Waals surface area (Å²) in [7, 11) is 0.